The number of likely N-dealkylation sites (N-methyl/N-ethyl adjacent to an activating group) is 1. The molecule has 8 heteroatoms. The Labute approximate surface area is 172 Å². The molecule has 0 aromatic heterocycles. The van der Waals surface area contributed by atoms with Gasteiger partial charge in [0.25, 0.3) is 0 Å². The summed E-state index contributed by atoms with van der Waals surface area (Å²) in [6, 6.07) is 8.75. The third-order valence-corrected chi connectivity index (χ3v) is 6.14. The third kappa shape index (κ3) is 4.87. The van der Waals surface area contributed by atoms with Crippen LogP contribution in [-0.4, -0.2) is 77.3 Å². The molecular weight excluding hydrogens is 368 g/mol. The van der Waals surface area contributed by atoms with E-state index in [9.17, 15) is 9.59 Å². The monoisotopic (exact) mass is 400 g/mol. The molecule has 158 valence electrons. The van der Waals surface area contributed by atoms with Crippen molar-refractivity contribution in [1.29, 1.82) is 5.41 Å². The van der Waals surface area contributed by atoms with Crippen LogP contribution >= 0.6 is 0 Å². The van der Waals surface area contributed by atoms with Crippen LogP contribution in [0, 0.1) is 5.41 Å². The summed E-state index contributed by atoms with van der Waals surface area (Å²) in [5.74, 6) is -0.0778. The summed E-state index contributed by atoms with van der Waals surface area (Å²) in [5, 5.41) is 7.54. The van der Waals surface area contributed by atoms with Crippen molar-refractivity contribution in [1.82, 2.24) is 14.7 Å². The number of likely N-dealkylation sites (tertiary alicyclic amines) is 2. The average Bonchev–Trinajstić information content (AvgIpc) is 3.22. The van der Waals surface area contributed by atoms with Gasteiger partial charge in [-0.05, 0) is 37.7 Å². The maximum absolute atomic E-state index is 13.2. The maximum atomic E-state index is 13.2. The Morgan fingerprint density at radius 2 is 1.83 bits per heavy atom. The van der Waals surface area contributed by atoms with Crippen LogP contribution in [0.4, 0.5) is 0 Å². The van der Waals surface area contributed by atoms with Crippen molar-refractivity contribution in [2.45, 2.75) is 50.2 Å². The van der Waals surface area contributed by atoms with E-state index in [0.29, 0.717) is 32.5 Å². The number of nitrogens with one attached hydrogen (secondary N) is 1. The second kappa shape index (κ2) is 9.26. The molecule has 1 aromatic carbocycles. The van der Waals surface area contributed by atoms with E-state index in [1.165, 1.54) is 0 Å². The first-order chi connectivity index (χ1) is 13.9. The van der Waals surface area contributed by atoms with Gasteiger partial charge in [-0.1, -0.05) is 30.3 Å². The van der Waals surface area contributed by atoms with E-state index in [-0.39, 0.29) is 23.8 Å². The largest absolute Gasteiger partial charge is 0.370 e. The van der Waals surface area contributed by atoms with Crippen LogP contribution in [0.5, 0.6) is 0 Å². The molecule has 1 aromatic rings. The molecule has 0 spiro atoms. The molecule has 2 atom stereocenters. The summed E-state index contributed by atoms with van der Waals surface area (Å²) < 4.78 is 0. The van der Waals surface area contributed by atoms with Gasteiger partial charge >= 0.3 is 0 Å². The second-order valence-corrected chi connectivity index (χ2v) is 8.04. The first-order valence-corrected chi connectivity index (χ1v) is 10.3. The fraction of sp³-hybridized carbons (Fsp3) is 0.571. The lowest BCUT2D eigenvalue weighted by Gasteiger charge is -2.39. The van der Waals surface area contributed by atoms with Gasteiger partial charge in [-0.25, -0.2) is 0 Å². The lowest BCUT2D eigenvalue weighted by Crippen LogP contribution is -2.55. The first-order valence-electron chi connectivity index (χ1n) is 10.3. The number of benzene rings is 1. The van der Waals surface area contributed by atoms with Crippen LogP contribution in [0.3, 0.4) is 0 Å². The van der Waals surface area contributed by atoms with Crippen LogP contribution in [0.15, 0.2) is 30.3 Å². The summed E-state index contributed by atoms with van der Waals surface area (Å²) >= 11 is 0. The summed E-state index contributed by atoms with van der Waals surface area (Å²) in [4.78, 5) is 31.4. The number of carbonyl (C=O) groups is 2. The molecule has 0 bridgehead atoms. The van der Waals surface area contributed by atoms with E-state index in [4.69, 9.17) is 16.9 Å². The molecule has 2 saturated heterocycles. The quantitative estimate of drug-likeness (QED) is 0.487. The van der Waals surface area contributed by atoms with Crippen molar-refractivity contribution in [2.24, 2.45) is 11.5 Å². The summed E-state index contributed by atoms with van der Waals surface area (Å²) in [5.41, 5.74) is 12.8. The number of hydrogen-bond donors (Lipinski definition) is 3. The van der Waals surface area contributed by atoms with Crippen LogP contribution < -0.4 is 11.5 Å². The minimum Gasteiger partial charge on any atom is -0.370 e. The molecule has 5 N–H and O–H groups in total. The molecule has 2 aliphatic heterocycles. The Hall–Kier alpha value is -2.61. The average molecular weight is 401 g/mol. The summed E-state index contributed by atoms with van der Waals surface area (Å²) in [6.07, 6.45) is 3.51. The lowest BCUT2D eigenvalue weighted by molar-refractivity contribution is -0.145. The van der Waals surface area contributed by atoms with E-state index >= 15 is 0 Å². The van der Waals surface area contributed by atoms with Crippen LogP contribution in [0.25, 0.3) is 0 Å². The van der Waals surface area contributed by atoms with Gasteiger partial charge < -0.3 is 26.2 Å². The Morgan fingerprint density at radius 3 is 2.45 bits per heavy atom. The number of carbonyl (C=O) groups excluding carboxylic acids is 2. The van der Waals surface area contributed by atoms with Gasteiger partial charge in [-0.15, -0.1) is 0 Å². The number of nitrogens with zero attached hydrogens (tertiary/aromatic N) is 3. The molecular formula is C21H32N6O2. The van der Waals surface area contributed by atoms with Crippen molar-refractivity contribution >= 4 is 17.8 Å². The van der Waals surface area contributed by atoms with Gasteiger partial charge in [0.05, 0.1) is 6.04 Å². The fourth-order valence-electron chi connectivity index (χ4n) is 4.36. The Balaban J connectivity index is 1.59. The third-order valence-electron chi connectivity index (χ3n) is 6.14. The Kier molecular flexibility index (Phi) is 6.74. The predicted octanol–water partition coefficient (Wildman–Crippen LogP) is 0.364. The lowest BCUT2D eigenvalue weighted by atomic mass is 10.0. The number of guanidine groups is 1. The number of amides is 2. The smallest absolute Gasteiger partial charge is 0.245 e. The predicted molar refractivity (Wildman–Crippen MR) is 112 cm³/mol. The van der Waals surface area contributed by atoms with E-state index < -0.39 is 12.1 Å². The van der Waals surface area contributed by atoms with E-state index in [1.807, 2.05) is 42.3 Å². The SMILES string of the molecule is CN(C(=O)[C@@H]1CCCN1C(=O)[C@H](N)Cc1ccccc1)C1CCN(C(=N)N)CC1. The maximum Gasteiger partial charge on any atom is 0.245 e. The fourth-order valence-corrected chi connectivity index (χ4v) is 4.36. The topological polar surface area (TPSA) is 120 Å². The summed E-state index contributed by atoms with van der Waals surface area (Å²) in [6.45, 7) is 1.92. The number of rotatable bonds is 5. The Bertz CT molecular complexity index is 732. The van der Waals surface area contributed by atoms with Gasteiger partial charge in [0.15, 0.2) is 5.96 Å². The molecule has 2 amide bonds. The second-order valence-electron chi connectivity index (χ2n) is 8.04. The van der Waals surface area contributed by atoms with Gasteiger partial charge in [0.2, 0.25) is 11.8 Å². The van der Waals surface area contributed by atoms with Gasteiger partial charge in [0, 0.05) is 32.7 Å². The molecule has 3 rings (SSSR count). The zero-order valence-corrected chi connectivity index (χ0v) is 17.1. The zero-order chi connectivity index (χ0) is 21.0. The highest BCUT2D eigenvalue weighted by molar-refractivity contribution is 5.90. The van der Waals surface area contributed by atoms with Crippen molar-refractivity contribution in [2.75, 3.05) is 26.7 Å². The van der Waals surface area contributed by atoms with Crippen molar-refractivity contribution in [3.63, 3.8) is 0 Å². The van der Waals surface area contributed by atoms with Crippen LogP contribution in [-0.2, 0) is 16.0 Å². The summed E-state index contributed by atoms with van der Waals surface area (Å²) in [7, 11) is 1.82. The van der Waals surface area contributed by atoms with E-state index in [2.05, 4.69) is 0 Å². The van der Waals surface area contributed by atoms with Crippen molar-refractivity contribution in [3.8, 4) is 0 Å². The van der Waals surface area contributed by atoms with Crippen LogP contribution in [0.1, 0.15) is 31.2 Å². The first kappa shape index (κ1) is 21.1. The highest BCUT2D eigenvalue weighted by atomic mass is 16.2. The van der Waals surface area contributed by atoms with Crippen molar-refractivity contribution < 1.29 is 9.59 Å². The molecule has 29 heavy (non-hydrogen) atoms. The highest BCUT2D eigenvalue weighted by Gasteiger charge is 2.39. The standard InChI is InChI=1S/C21H32N6O2/c1-25(16-9-12-26(13-10-16)21(23)24)20(29)18-8-5-11-27(18)19(28)17(22)14-15-6-3-2-4-7-15/h2-4,6-7,16-18H,5,8-14,22H2,1H3,(H3,23,24)/t17-,18+/m1/s1. The minimum atomic E-state index is -0.644. The zero-order valence-electron chi connectivity index (χ0n) is 17.1. The number of hydrogen-bond acceptors (Lipinski definition) is 4. The normalized spacial score (nSPS) is 21.1. The van der Waals surface area contributed by atoms with Crippen LogP contribution in [0.2, 0.25) is 0 Å². The molecule has 0 aliphatic carbocycles. The molecule has 2 fully saturated rings. The molecule has 0 radical (unpaired) electrons. The van der Waals surface area contributed by atoms with E-state index in [0.717, 1.165) is 24.8 Å². The number of nitrogens with two attached hydrogens (primary N) is 2. The highest BCUT2D eigenvalue weighted by Crippen LogP contribution is 2.23. The van der Waals surface area contributed by atoms with Crippen molar-refractivity contribution in [3.05, 3.63) is 35.9 Å². The minimum absolute atomic E-state index is 0.0102. The molecule has 0 unspecified atom stereocenters. The molecule has 2 heterocycles. The molecule has 8 nitrogen and oxygen atoms in total. The van der Waals surface area contributed by atoms with E-state index in [1.54, 1.807) is 9.80 Å². The molecule has 0 saturated carbocycles. The van der Waals surface area contributed by atoms with Gasteiger partial charge in [-0.2, -0.15) is 0 Å². The number of piperidine rings is 1. The Morgan fingerprint density at radius 1 is 1.17 bits per heavy atom. The van der Waals surface area contributed by atoms with Gasteiger partial charge in [0.1, 0.15) is 6.04 Å². The van der Waals surface area contributed by atoms with Gasteiger partial charge in [-0.3, -0.25) is 15.0 Å². The molecule has 2 aliphatic rings.